The second-order valence-electron chi connectivity index (χ2n) is 4.40. The summed E-state index contributed by atoms with van der Waals surface area (Å²) in [4.78, 5) is 24.2. The number of halogens is 2. The molecule has 110 valence electrons. The first-order valence-electron chi connectivity index (χ1n) is 6.18. The minimum absolute atomic E-state index is 0.230. The lowest BCUT2D eigenvalue weighted by Crippen LogP contribution is -2.39. The number of benzene rings is 1. The highest BCUT2D eigenvalue weighted by molar-refractivity contribution is 5.97. The maximum atomic E-state index is 13.8. The number of nitrogen functional groups attached to an aromatic ring is 1. The third kappa shape index (κ3) is 3.91. The van der Waals surface area contributed by atoms with Crippen LogP contribution in [0.5, 0.6) is 0 Å². The molecule has 0 aliphatic heterocycles. The molecule has 1 rings (SSSR count). The summed E-state index contributed by atoms with van der Waals surface area (Å²) in [5.41, 5.74) is 9.38. The molecule has 0 spiro atoms. The lowest BCUT2D eigenvalue weighted by atomic mass is 10.1. The van der Waals surface area contributed by atoms with Gasteiger partial charge in [0, 0.05) is 6.54 Å². The van der Waals surface area contributed by atoms with E-state index in [1.165, 1.54) is 0 Å². The molecule has 0 heterocycles. The monoisotopic (exact) mass is 285 g/mol. The molecule has 0 unspecified atom stereocenters. The number of amides is 2. The summed E-state index contributed by atoms with van der Waals surface area (Å²) >= 11 is 0. The third-order valence-corrected chi connectivity index (χ3v) is 2.71. The lowest BCUT2D eigenvalue weighted by Gasteiger charge is -2.21. The molecule has 5 nitrogen and oxygen atoms in total. The summed E-state index contributed by atoms with van der Waals surface area (Å²) in [6.07, 6.45) is 1.39. The average molecular weight is 285 g/mol. The quantitative estimate of drug-likeness (QED) is 0.771. The number of hydrogen-bond donors (Lipinski definition) is 2. The molecule has 20 heavy (non-hydrogen) atoms. The van der Waals surface area contributed by atoms with E-state index in [1.807, 2.05) is 6.92 Å². The molecule has 0 atom stereocenters. The van der Waals surface area contributed by atoms with Crippen molar-refractivity contribution in [3.05, 3.63) is 29.3 Å². The van der Waals surface area contributed by atoms with Crippen molar-refractivity contribution in [1.29, 1.82) is 0 Å². The number of carbonyl (C=O) groups excluding carboxylic acids is 2. The number of nitrogens with two attached hydrogens (primary N) is 2. The van der Waals surface area contributed by atoms with E-state index in [-0.39, 0.29) is 13.1 Å². The number of anilines is 1. The first-order chi connectivity index (χ1) is 9.36. The Bertz CT molecular complexity index is 521. The fourth-order valence-electron chi connectivity index (χ4n) is 1.73. The maximum absolute atomic E-state index is 13.8. The number of rotatable bonds is 6. The van der Waals surface area contributed by atoms with Crippen LogP contribution in [0.15, 0.2) is 12.1 Å². The van der Waals surface area contributed by atoms with E-state index in [0.29, 0.717) is 6.42 Å². The first kappa shape index (κ1) is 15.9. The van der Waals surface area contributed by atoms with Gasteiger partial charge in [0.25, 0.3) is 5.91 Å². The van der Waals surface area contributed by atoms with Crippen molar-refractivity contribution in [2.75, 3.05) is 18.8 Å². The van der Waals surface area contributed by atoms with E-state index < -0.39 is 34.7 Å². The second kappa shape index (κ2) is 6.83. The van der Waals surface area contributed by atoms with Crippen molar-refractivity contribution in [3.63, 3.8) is 0 Å². The predicted octanol–water partition coefficient (Wildman–Crippen LogP) is 1.27. The van der Waals surface area contributed by atoms with Crippen molar-refractivity contribution in [2.45, 2.75) is 19.8 Å². The largest absolute Gasteiger partial charge is 0.396 e. The minimum Gasteiger partial charge on any atom is -0.396 e. The minimum atomic E-state index is -0.998. The van der Waals surface area contributed by atoms with E-state index >= 15 is 0 Å². The van der Waals surface area contributed by atoms with E-state index in [2.05, 4.69) is 0 Å². The Morgan fingerprint density at radius 2 is 1.95 bits per heavy atom. The first-order valence-corrected chi connectivity index (χ1v) is 6.18. The van der Waals surface area contributed by atoms with Crippen LogP contribution in [0.4, 0.5) is 14.5 Å². The van der Waals surface area contributed by atoms with Gasteiger partial charge in [-0.15, -0.1) is 0 Å². The normalized spacial score (nSPS) is 10.3. The predicted molar refractivity (Wildman–Crippen MR) is 70.8 cm³/mol. The van der Waals surface area contributed by atoms with Gasteiger partial charge in [0.15, 0.2) is 5.82 Å². The van der Waals surface area contributed by atoms with Crippen molar-refractivity contribution >= 4 is 17.5 Å². The Morgan fingerprint density at radius 1 is 1.30 bits per heavy atom. The van der Waals surface area contributed by atoms with Crippen LogP contribution in [0, 0.1) is 11.6 Å². The van der Waals surface area contributed by atoms with Gasteiger partial charge >= 0.3 is 0 Å². The van der Waals surface area contributed by atoms with Crippen LogP contribution < -0.4 is 11.5 Å². The number of nitrogens with zero attached hydrogens (tertiary/aromatic N) is 1. The molecule has 2 amide bonds. The molecule has 0 aliphatic carbocycles. The smallest absolute Gasteiger partial charge is 0.257 e. The van der Waals surface area contributed by atoms with E-state index in [1.54, 1.807) is 0 Å². The zero-order valence-electron chi connectivity index (χ0n) is 11.2. The molecule has 0 radical (unpaired) electrons. The summed E-state index contributed by atoms with van der Waals surface area (Å²) in [6, 6.07) is 1.55. The molecule has 0 aromatic heterocycles. The van der Waals surface area contributed by atoms with E-state index in [4.69, 9.17) is 11.5 Å². The standard InChI is InChI=1S/C13H17F2N3O2/c1-2-3-4-18(7-11(17)19)13(20)9-5-8(14)6-10(16)12(9)15/h5-6H,2-4,7,16H2,1H3,(H2,17,19). The van der Waals surface area contributed by atoms with Crippen molar-refractivity contribution in [2.24, 2.45) is 5.73 Å². The molecule has 1 aromatic rings. The molecule has 0 bridgehead atoms. The van der Waals surface area contributed by atoms with Gasteiger partial charge in [-0.25, -0.2) is 8.78 Å². The van der Waals surface area contributed by atoms with Crippen LogP contribution >= 0.6 is 0 Å². The highest BCUT2D eigenvalue weighted by Gasteiger charge is 2.22. The fourth-order valence-corrected chi connectivity index (χ4v) is 1.73. The number of carbonyl (C=O) groups is 2. The molecule has 4 N–H and O–H groups in total. The van der Waals surface area contributed by atoms with Crippen LogP contribution in [0.25, 0.3) is 0 Å². The van der Waals surface area contributed by atoms with E-state index in [9.17, 15) is 18.4 Å². The Balaban J connectivity index is 3.07. The molecule has 0 aliphatic rings. The number of hydrogen-bond acceptors (Lipinski definition) is 3. The summed E-state index contributed by atoms with van der Waals surface area (Å²) in [6.45, 7) is 1.77. The summed E-state index contributed by atoms with van der Waals surface area (Å²) in [5, 5.41) is 0. The molecule has 0 saturated carbocycles. The van der Waals surface area contributed by atoms with E-state index in [0.717, 1.165) is 23.5 Å². The Labute approximate surface area is 115 Å². The van der Waals surface area contributed by atoms with Crippen molar-refractivity contribution in [3.8, 4) is 0 Å². The lowest BCUT2D eigenvalue weighted by molar-refractivity contribution is -0.118. The van der Waals surface area contributed by atoms with Crippen LogP contribution in [0.1, 0.15) is 30.1 Å². The van der Waals surface area contributed by atoms with Gasteiger partial charge in [-0.05, 0) is 18.6 Å². The summed E-state index contributed by atoms with van der Waals surface area (Å²) in [5.74, 6) is -3.34. The van der Waals surface area contributed by atoms with Gasteiger partial charge < -0.3 is 16.4 Å². The Kier molecular flexibility index (Phi) is 5.42. The Morgan fingerprint density at radius 3 is 2.50 bits per heavy atom. The highest BCUT2D eigenvalue weighted by atomic mass is 19.1. The van der Waals surface area contributed by atoms with Gasteiger partial charge in [-0.3, -0.25) is 9.59 Å². The van der Waals surface area contributed by atoms with Crippen LogP contribution in [-0.2, 0) is 4.79 Å². The average Bonchev–Trinajstić information content (AvgIpc) is 2.37. The van der Waals surface area contributed by atoms with Gasteiger partial charge in [0.1, 0.15) is 5.82 Å². The topological polar surface area (TPSA) is 89.4 Å². The molecule has 0 saturated heterocycles. The zero-order chi connectivity index (χ0) is 15.3. The van der Waals surface area contributed by atoms with Crippen LogP contribution in [0.2, 0.25) is 0 Å². The molecule has 0 fully saturated rings. The fraction of sp³-hybridized carbons (Fsp3) is 0.385. The molecular formula is C13H17F2N3O2. The van der Waals surface area contributed by atoms with Gasteiger partial charge in [0.2, 0.25) is 5.91 Å². The number of unbranched alkanes of at least 4 members (excludes halogenated alkanes) is 1. The highest BCUT2D eigenvalue weighted by Crippen LogP contribution is 2.19. The summed E-state index contributed by atoms with van der Waals surface area (Å²) in [7, 11) is 0. The van der Waals surface area contributed by atoms with Crippen molar-refractivity contribution < 1.29 is 18.4 Å². The van der Waals surface area contributed by atoms with Crippen molar-refractivity contribution in [1.82, 2.24) is 4.90 Å². The summed E-state index contributed by atoms with van der Waals surface area (Å²) < 4.78 is 27.0. The molecule has 1 aromatic carbocycles. The van der Waals surface area contributed by atoms with Crippen LogP contribution in [-0.4, -0.2) is 29.8 Å². The second-order valence-corrected chi connectivity index (χ2v) is 4.40. The Hall–Kier alpha value is -2.18. The molecular weight excluding hydrogens is 268 g/mol. The zero-order valence-corrected chi connectivity index (χ0v) is 11.2. The van der Waals surface area contributed by atoms with Gasteiger partial charge in [-0.2, -0.15) is 0 Å². The number of primary amides is 1. The SMILES string of the molecule is CCCCN(CC(N)=O)C(=O)c1cc(F)cc(N)c1F. The third-order valence-electron chi connectivity index (χ3n) is 2.71. The van der Waals surface area contributed by atoms with Gasteiger partial charge in [-0.1, -0.05) is 13.3 Å². The van der Waals surface area contributed by atoms with Gasteiger partial charge in [0.05, 0.1) is 17.8 Å². The maximum Gasteiger partial charge on any atom is 0.257 e. The van der Waals surface area contributed by atoms with Crippen LogP contribution in [0.3, 0.4) is 0 Å². The molecule has 7 heteroatoms.